The number of nitrogens with one attached hydrogen (secondary N) is 1. The zero-order valence-electron chi connectivity index (χ0n) is 43.5. The van der Waals surface area contributed by atoms with Crippen LogP contribution in [0.2, 0.25) is 0 Å². The average molecular weight is 1040 g/mol. The second-order valence-electron chi connectivity index (χ2n) is 20.2. The number of esters is 1. The van der Waals surface area contributed by atoms with Gasteiger partial charge in [0.05, 0.1) is 42.9 Å². The van der Waals surface area contributed by atoms with Crippen molar-refractivity contribution in [3.05, 3.63) is 221 Å². The zero-order valence-corrected chi connectivity index (χ0v) is 43.5. The SMILES string of the molecule is CC(NC(=O)N1C(=O)C2(c3cc(C#CCN(C)Cc4ccccc4)ccc31)C(C(=O)N1CCN(c3ncccn3)CC1)C1C(=O)OC(c3ccccc3)C(c3ccccc3)N1C2c1ccc(OCCO)cc1)c1ccccc1. The van der Waals surface area contributed by atoms with Crippen LogP contribution in [-0.4, -0.2) is 113 Å². The summed E-state index contributed by atoms with van der Waals surface area (Å²) in [5, 5.41) is 12.9. The van der Waals surface area contributed by atoms with Crippen LogP contribution in [0.15, 0.2) is 182 Å². The van der Waals surface area contributed by atoms with Crippen molar-refractivity contribution in [3.8, 4) is 17.6 Å². The van der Waals surface area contributed by atoms with Gasteiger partial charge in [-0.1, -0.05) is 145 Å². The number of amides is 4. The van der Waals surface area contributed by atoms with Crippen molar-refractivity contribution in [1.82, 2.24) is 30.0 Å². The molecular formula is C63H60N8O7. The van der Waals surface area contributed by atoms with E-state index >= 15 is 19.2 Å². The molecule has 0 bridgehead atoms. The van der Waals surface area contributed by atoms with E-state index in [0.717, 1.165) is 22.3 Å². The first-order valence-electron chi connectivity index (χ1n) is 26.4. The van der Waals surface area contributed by atoms with Gasteiger partial charge in [0.2, 0.25) is 17.8 Å². The number of aromatic nitrogens is 2. The first-order chi connectivity index (χ1) is 38.1. The largest absolute Gasteiger partial charge is 0.491 e. The maximum atomic E-state index is 17.0. The predicted molar refractivity (Wildman–Crippen MR) is 295 cm³/mol. The van der Waals surface area contributed by atoms with E-state index in [4.69, 9.17) is 9.47 Å². The molecule has 4 aliphatic rings. The summed E-state index contributed by atoms with van der Waals surface area (Å²) in [4.78, 5) is 82.7. The summed E-state index contributed by atoms with van der Waals surface area (Å²) in [7, 11) is 2.00. The Hall–Kier alpha value is -8.68. The van der Waals surface area contributed by atoms with Crippen molar-refractivity contribution < 1.29 is 33.8 Å². The summed E-state index contributed by atoms with van der Waals surface area (Å²) in [6.45, 7) is 3.99. The highest BCUT2D eigenvalue weighted by Crippen LogP contribution is 2.66. The summed E-state index contributed by atoms with van der Waals surface area (Å²) in [6.07, 6.45) is 2.45. The first-order valence-corrected chi connectivity index (χ1v) is 26.4. The Morgan fingerprint density at radius 3 is 2.09 bits per heavy atom. The molecule has 15 heteroatoms. The molecule has 7 aromatic rings. The van der Waals surface area contributed by atoms with Gasteiger partial charge in [-0.15, -0.1) is 0 Å². The standard InChI is InChI=1S/C63H60N8O7/c1-43(46-20-9-4-10-21-46)66-62(76)70-52-31-26-44(19-15-34-67(2)42-45-17-7-3-8-18-45)41-51(52)63(60(70)75)53(58(73)68-35-37-69(38-36-68)61-64-32-16-33-65-61)55-59(74)78-56(48-24-13-6-14-25-48)54(47-22-11-5-12-23-47)71(55)57(63)49-27-29-50(30-28-49)77-40-39-72/h3-14,16-18,20-33,41,43,53-57,72H,34-40,42H2,1-2H3,(H,66,76). The van der Waals surface area contributed by atoms with Gasteiger partial charge in [-0.05, 0) is 83.8 Å². The van der Waals surface area contributed by atoms with E-state index in [1.807, 2.05) is 151 Å². The van der Waals surface area contributed by atoms with Gasteiger partial charge in [-0.3, -0.25) is 24.2 Å². The molecule has 3 fully saturated rings. The van der Waals surface area contributed by atoms with E-state index in [0.29, 0.717) is 54.6 Å². The molecule has 4 amide bonds. The topological polar surface area (TPSA) is 161 Å². The third kappa shape index (κ3) is 9.74. The third-order valence-electron chi connectivity index (χ3n) is 15.4. The second kappa shape index (κ2) is 22.5. The summed E-state index contributed by atoms with van der Waals surface area (Å²) in [5.74, 6) is 4.47. The van der Waals surface area contributed by atoms with E-state index in [2.05, 4.69) is 44.2 Å². The quantitative estimate of drug-likeness (QED) is 0.0853. The molecule has 0 aliphatic carbocycles. The zero-order chi connectivity index (χ0) is 53.8. The number of imide groups is 1. The molecule has 0 saturated carbocycles. The molecule has 394 valence electrons. The van der Waals surface area contributed by atoms with Crippen LogP contribution < -0.4 is 19.9 Å². The minimum atomic E-state index is -1.99. The highest BCUT2D eigenvalue weighted by molar-refractivity contribution is 6.24. The van der Waals surface area contributed by atoms with E-state index in [9.17, 15) is 5.11 Å². The lowest BCUT2D eigenvalue weighted by molar-refractivity contribution is -0.179. The number of aliphatic hydroxyl groups excluding tert-OH is 1. The molecule has 5 heterocycles. The van der Waals surface area contributed by atoms with Crippen molar-refractivity contribution in [2.45, 2.75) is 49.2 Å². The molecule has 2 N–H and O–H groups in total. The lowest BCUT2D eigenvalue weighted by atomic mass is 9.64. The fourth-order valence-electron chi connectivity index (χ4n) is 12.0. The number of piperazine rings is 1. The molecular weight excluding hydrogens is 981 g/mol. The highest BCUT2D eigenvalue weighted by atomic mass is 16.6. The van der Waals surface area contributed by atoms with Crippen molar-refractivity contribution in [1.29, 1.82) is 0 Å². The summed E-state index contributed by atoms with van der Waals surface area (Å²) in [5.41, 5.74) is 3.26. The predicted octanol–water partition coefficient (Wildman–Crippen LogP) is 7.82. The molecule has 6 aromatic carbocycles. The van der Waals surface area contributed by atoms with Gasteiger partial charge in [0, 0.05) is 50.7 Å². The number of hydrogen-bond donors (Lipinski definition) is 2. The number of urea groups is 1. The average Bonchev–Trinajstić information content (AvgIpc) is 3.00. The molecule has 78 heavy (non-hydrogen) atoms. The summed E-state index contributed by atoms with van der Waals surface area (Å²) >= 11 is 0. The molecule has 3 saturated heterocycles. The Morgan fingerprint density at radius 1 is 0.782 bits per heavy atom. The van der Waals surface area contributed by atoms with Gasteiger partial charge in [0.25, 0.3) is 0 Å². The van der Waals surface area contributed by atoms with Gasteiger partial charge in [0.15, 0.2) is 0 Å². The van der Waals surface area contributed by atoms with Crippen LogP contribution in [0, 0.1) is 17.8 Å². The number of carbonyl (C=O) groups excluding carboxylic acids is 4. The molecule has 7 atom stereocenters. The number of morpholine rings is 1. The Balaban J connectivity index is 1.13. The van der Waals surface area contributed by atoms with Crippen molar-refractivity contribution in [2.24, 2.45) is 5.92 Å². The van der Waals surface area contributed by atoms with Crippen LogP contribution in [0.4, 0.5) is 16.4 Å². The van der Waals surface area contributed by atoms with Gasteiger partial charge in [-0.25, -0.2) is 19.7 Å². The van der Waals surface area contributed by atoms with Gasteiger partial charge >= 0.3 is 12.0 Å². The molecule has 15 nitrogen and oxygen atoms in total. The molecule has 4 aliphatic heterocycles. The normalized spacial score (nSPS) is 22.1. The minimum Gasteiger partial charge on any atom is -0.491 e. The fourth-order valence-corrected chi connectivity index (χ4v) is 12.0. The number of hydrogen-bond acceptors (Lipinski definition) is 12. The first kappa shape index (κ1) is 51.4. The van der Waals surface area contributed by atoms with Crippen molar-refractivity contribution in [3.63, 3.8) is 0 Å². The number of nitrogens with zero attached hydrogens (tertiary/aromatic N) is 7. The Morgan fingerprint density at radius 2 is 1.42 bits per heavy atom. The Bertz CT molecular complexity index is 3320. The van der Waals surface area contributed by atoms with Crippen LogP contribution in [0.5, 0.6) is 5.75 Å². The minimum absolute atomic E-state index is 0.0466. The summed E-state index contributed by atoms with van der Waals surface area (Å²) in [6, 6.07) is 48.7. The highest BCUT2D eigenvalue weighted by Gasteiger charge is 2.76. The fraction of sp³-hybridized carbons (Fsp3) is 0.270. The third-order valence-corrected chi connectivity index (χ3v) is 15.4. The maximum Gasteiger partial charge on any atom is 0.329 e. The molecule has 1 aromatic heterocycles. The number of fused-ring (bicyclic) bond motifs is 3. The van der Waals surface area contributed by atoms with E-state index in [1.165, 1.54) is 4.90 Å². The van der Waals surface area contributed by atoms with E-state index < -0.39 is 65.4 Å². The van der Waals surface area contributed by atoms with E-state index in [-0.39, 0.29) is 32.0 Å². The van der Waals surface area contributed by atoms with Crippen LogP contribution in [0.3, 0.4) is 0 Å². The van der Waals surface area contributed by atoms with Crippen molar-refractivity contribution in [2.75, 3.05) is 62.8 Å². The molecule has 0 radical (unpaired) electrons. The molecule has 1 spiro atoms. The van der Waals surface area contributed by atoms with Gasteiger partial charge in [0.1, 0.15) is 29.9 Å². The van der Waals surface area contributed by atoms with Crippen molar-refractivity contribution >= 4 is 35.5 Å². The van der Waals surface area contributed by atoms with Gasteiger partial charge in [-0.2, -0.15) is 0 Å². The smallest absolute Gasteiger partial charge is 0.329 e. The number of cyclic esters (lactones) is 1. The Labute approximate surface area is 454 Å². The second-order valence-corrected chi connectivity index (χ2v) is 20.2. The molecule has 11 rings (SSSR count). The monoisotopic (exact) mass is 1040 g/mol. The number of anilines is 2. The van der Waals surface area contributed by atoms with Crippen LogP contribution in [0.1, 0.15) is 70.1 Å². The number of rotatable bonds is 13. The van der Waals surface area contributed by atoms with Gasteiger partial charge < -0.3 is 29.7 Å². The van der Waals surface area contributed by atoms with Crippen LogP contribution in [-0.2, 0) is 31.1 Å². The van der Waals surface area contributed by atoms with E-state index in [1.54, 1.807) is 47.6 Å². The number of carbonyl (C=O) groups is 4. The summed E-state index contributed by atoms with van der Waals surface area (Å²) < 4.78 is 12.6. The van der Waals surface area contributed by atoms with Crippen LogP contribution in [0.25, 0.3) is 0 Å². The number of aliphatic hydroxyl groups is 1. The van der Waals surface area contributed by atoms with Crippen LogP contribution >= 0.6 is 0 Å². The lowest BCUT2D eigenvalue weighted by Crippen LogP contribution is -2.59. The molecule has 7 unspecified atom stereocenters. The number of benzene rings is 6. The maximum absolute atomic E-state index is 17.0. The Kier molecular flexibility index (Phi) is 14.8. The number of ether oxygens (including phenoxy) is 2. The lowest BCUT2D eigenvalue weighted by Gasteiger charge is -2.46.